The maximum atomic E-state index is 6.43. The van der Waals surface area contributed by atoms with Gasteiger partial charge in [-0.15, -0.1) is 11.3 Å². The molecule has 0 N–H and O–H groups in total. The summed E-state index contributed by atoms with van der Waals surface area (Å²) in [5, 5.41) is 1.15. The van der Waals surface area contributed by atoms with Crippen molar-refractivity contribution >= 4 is 33.8 Å². The van der Waals surface area contributed by atoms with Gasteiger partial charge < -0.3 is 4.90 Å². The Balaban J connectivity index is 1.65. The monoisotopic (exact) mass is 428 g/mol. The van der Waals surface area contributed by atoms with Crippen LogP contribution in [0.1, 0.15) is 21.9 Å². The zero-order valence-corrected chi connectivity index (χ0v) is 18.1. The molecule has 1 atom stereocenters. The van der Waals surface area contributed by atoms with Crippen LogP contribution in [0.4, 0.5) is 0 Å². The Labute approximate surface area is 185 Å². The smallest absolute Gasteiger partial charge is 0.0934 e. The molecule has 0 amide bonds. The Morgan fingerprint density at radius 1 is 1.10 bits per heavy atom. The van der Waals surface area contributed by atoms with Crippen LogP contribution in [0, 0.1) is 0 Å². The van der Waals surface area contributed by atoms with Gasteiger partial charge in [0.15, 0.2) is 0 Å². The summed E-state index contributed by atoms with van der Waals surface area (Å²) in [6, 6.07) is 21.2. The van der Waals surface area contributed by atoms with Crippen molar-refractivity contribution in [2.24, 2.45) is 0 Å². The predicted molar refractivity (Wildman–Crippen MR) is 128 cm³/mol. The van der Waals surface area contributed by atoms with E-state index in [1.807, 2.05) is 24.4 Å². The van der Waals surface area contributed by atoms with Crippen molar-refractivity contribution in [2.45, 2.75) is 12.5 Å². The van der Waals surface area contributed by atoms with Crippen molar-refractivity contribution in [3.05, 3.63) is 112 Å². The molecular weight excluding hydrogens is 408 g/mol. The lowest BCUT2D eigenvalue weighted by atomic mass is 9.84. The number of nitrogens with zero attached hydrogens (tertiary/aromatic N) is 2. The molecule has 1 aliphatic heterocycles. The van der Waals surface area contributed by atoms with Gasteiger partial charge in [-0.3, -0.25) is 4.98 Å². The highest BCUT2D eigenvalue weighted by Crippen LogP contribution is 2.43. The van der Waals surface area contributed by atoms with Crippen LogP contribution in [0.15, 0.2) is 91.8 Å². The molecule has 0 saturated carbocycles. The van der Waals surface area contributed by atoms with E-state index in [0.29, 0.717) is 0 Å². The zero-order valence-electron chi connectivity index (χ0n) is 16.5. The summed E-state index contributed by atoms with van der Waals surface area (Å²) < 4.78 is 0.834. The third-order valence-corrected chi connectivity index (χ3v) is 7.07. The van der Waals surface area contributed by atoms with E-state index < -0.39 is 0 Å². The maximum Gasteiger partial charge on any atom is 0.0934 e. The number of aromatic nitrogens is 1. The largest absolute Gasteiger partial charge is 0.366 e. The lowest BCUT2D eigenvalue weighted by molar-refractivity contribution is 0.319. The summed E-state index contributed by atoms with van der Waals surface area (Å²) in [7, 11) is 0. The van der Waals surface area contributed by atoms with Crippen LogP contribution in [-0.2, 0) is 6.54 Å². The fourth-order valence-corrected chi connectivity index (χ4v) is 5.64. The molecule has 30 heavy (non-hydrogen) atoms. The quantitative estimate of drug-likeness (QED) is 0.318. The predicted octanol–water partition coefficient (Wildman–Crippen LogP) is 7.26. The average Bonchev–Trinajstić information content (AvgIpc) is 3.17. The fourth-order valence-electron chi connectivity index (χ4n) is 4.28. The minimum Gasteiger partial charge on any atom is -0.366 e. The van der Waals surface area contributed by atoms with Crippen molar-refractivity contribution in [2.75, 3.05) is 6.54 Å². The van der Waals surface area contributed by atoms with Gasteiger partial charge in [-0.2, -0.15) is 0 Å². The van der Waals surface area contributed by atoms with Gasteiger partial charge in [-0.05, 0) is 41.0 Å². The molecule has 4 heteroatoms. The number of thiophene rings is 1. The molecule has 1 aliphatic rings. The normalized spacial score (nSPS) is 15.8. The molecule has 2 aromatic carbocycles. The van der Waals surface area contributed by atoms with Crippen LogP contribution in [0.3, 0.4) is 0 Å². The molecule has 0 radical (unpaired) electrons. The highest BCUT2D eigenvalue weighted by atomic mass is 35.5. The van der Waals surface area contributed by atoms with Crippen LogP contribution in [0.2, 0.25) is 4.34 Å². The van der Waals surface area contributed by atoms with E-state index in [4.69, 9.17) is 16.6 Å². The van der Waals surface area contributed by atoms with Gasteiger partial charge in [0.05, 0.1) is 16.4 Å². The summed E-state index contributed by atoms with van der Waals surface area (Å²) in [5.74, 6) is 0.205. The van der Waals surface area contributed by atoms with Crippen LogP contribution in [0.25, 0.3) is 22.0 Å². The van der Waals surface area contributed by atoms with Crippen LogP contribution >= 0.6 is 22.9 Å². The molecule has 5 rings (SSSR count). The minimum atomic E-state index is 0.205. The molecule has 2 nitrogen and oxygen atoms in total. The molecule has 1 unspecified atom stereocenters. The second-order valence-electron chi connectivity index (χ2n) is 7.56. The zero-order chi connectivity index (χ0) is 20.7. The Hall–Kier alpha value is -2.88. The molecule has 0 saturated heterocycles. The Kier molecular flexibility index (Phi) is 4.93. The number of para-hydroxylation sites is 1. The average molecular weight is 429 g/mol. The van der Waals surface area contributed by atoms with Gasteiger partial charge in [0.1, 0.15) is 0 Å². The third kappa shape index (κ3) is 3.34. The number of benzene rings is 2. The van der Waals surface area contributed by atoms with Crippen LogP contribution in [0.5, 0.6) is 0 Å². The van der Waals surface area contributed by atoms with Gasteiger partial charge >= 0.3 is 0 Å². The van der Waals surface area contributed by atoms with Gasteiger partial charge in [0, 0.05) is 40.2 Å². The van der Waals surface area contributed by atoms with Crippen LogP contribution in [-0.4, -0.2) is 16.4 Å². The lowest BCUT2D eigenvalue weighted by Gasteiger charge is -2.35. The third-order valence-electron chi connectivity index (χ3n) is 5.80. The standard InChI is InChI=1S/C26H21ClN2S/c1-3-17(2)29-15-23(22-13-26(27)30-25(22)16-29)21-10-6-5-9-20(21)19-12-18-8-4-7-11-24(18)28-14-19/h3-14,23H,1-2,15-16H2. The molecule has 148 valence electrons. The van der Waals surface area contributed by atoms with Crippen molar-refractivity contribution in [3.8, 4) is 11.1 Å². The molecule has 2 aromatic heterocycles. The van der Waals surface area contributed by atoms with E-state index in [2.05, 4.69) is 66.6 Å². The van der Waals surface area contributed by atoms with E-state index in [-0.39, 0.29) is 5.92 Å². The van der Waals surface area contributed by atoms with E-state index in [9.17, 15) is 0 Å². The van der Waals surface area contributed by atoms with Gasteiger partial charge in [0.25, 0.3) is 0 Å². The molecule has 0 spiro atoms. The first-order valence-electron chi connectivity index (χ1n) is 9.92. The van der Waals surface area contributed by atoms with Crippen molar-refractivity contribution < 1.29 is 0 Å². The number of rotatable bonds is 4. The van der Waals surface area contributed by atoms with Gasteiger partial charge in [0.2, 0.25) is 0 Å². The highest BCUT2D eigenvalue weighted by molar-refractivity contribution is 7.16. The SMILES string of the molecule is C=CC(=C)N1Cc2sc(Cl)cc2C(c2ccccc2-c2cnc3ccccc3c2)C1. The second kappa shape index (κ2) is 7.75. The van der Waals surface area contributed by atoms with Crippen molar-refractivity contribution in [1.82, 2.24) is 9.88 Å². The fraction of sp³-hybridized carbons (Fsp3) is 0.115. The number of hydrogen-bond acceptors (Lipinski definition) is 3. The molecule has 0 aliphatic carbocycles. The summed E-state index contributed by atoms with van der Waals surface area (Å²) in [6.45, 7) is 9.78. The number of halogens is 1. The Bertz CT molecular complexity index is 1270. The summed E-state index contributed by atoms with van der Waals surface area (Å²) in [4.78, 5) is 8.28. The molecule has 3 heterocycles. The number of pyridine rings is 1. The minimum absolute atomic E-state index is 0.205. The highest BCUT2D eigenvalue weighted by Gasteiger charge is 2.30. The van der Waals surface area contributed by atoms with E-state index >= 15 is 0 Å². The Morgan fingerprint density at radius 3 is 2.77 bits per heavy atom. The molecular formula is C26H21ClN2S. The first kappa shape index (κ1) is 19.1. The number of allylic oxidation sites excluding steroid dienone is 1. The number of hydrogen-bond donors (Lipinski definition) is 0. The van der Waals surface area contributed by atoms with Crippen molar-refractivity contribution in [1.29, 1.82) is 0 Å². The second-order valence-corrected chi connectivity index (χ2v) is 9.33. The topological polar surface area (TPSA) is 16.1 Å². The molecule has 0 fully saturated rings. The van der Waals surface area contributed by atoms with Gasteiger partial charge in [-0.25, -0.2) is 0 Å². The van der Waals surface area contributed by atoms with E-state index in [0.717, 1.165) is 39.6 Å². The maximum absolute atomic E-state index is 6.43. The Morgan fingerprint density at radius 2 is 1.90 bits per heavy atom. The van der Waals surface area contributed by atoms with Gasteiger partial charge in [-0.1, -0.05) is 67.2 Å². The molecule has 0 bridgehead atoms. The summed E-state index contributed by atoms with van der Waals surface area (Å²) in [6.07, 6.45) is 3.81. The lowest BCUT2D eigenvalue weighted by Crippen LogP contribution is -2.32. The summed E-state index contributed by atoms with van der Waals surface area (Å²) >= 11 is 8.09. The molecule has 4 aromatic rings. The van der Waals surface area contributed by atoms with Crippen molar-refractivity contribution in [3.63, 3.8) is 0 Å². The van der Waals surface area contributed by atoms with E-state index in [1.165, 1.54) is 21.6 Å². The number of fused-ring (bicyclic) bond motifs is 2. The summed E-state index contributed by atoms with van der Waals surface area (Å²) in [5.41, 5.74) is 6.90. The first-order valence-corrected chi connectivity index (χ1v) is 11.1. The van der Waals surface area contributed by atoms with Crippen LogP contribution < -0.4 is 0 Å². The van der Waals surface area contributed by atoms with E-state index in [1.54, 1.807) is 11.3 Å². The first-order chi connectivity index (χ1) is 14.6.